The largest absolute Gasteiger partial charge is 0.482 e. The molecule has 3 aliphatic rings. The molecule has 240 valence electrons. The highest BCUT2D eigenvalue weighted by Crippen LogP contribution is 2.67. The quantitative estimate of drug-likeness (QED) is 0.281. The van der Waals surface area contributed by atoms with Gasteiger partial charge in [-0.25, -0.2) is 4.79 Å². The number of fused-ring (bicyclic) bond motifs is 4. The lowest BCUT2D eigenvalue weighted by molar-refractivity contribution is -0.271. The number of carbonyl (C=O) groups is 3. The van der Waals surface area contributed by atoms with Gasteiger partial charge >= 0.3 is 23.5 Å². The summed E-state index contributed by atoms with van der Waals surface area (Å²) >= 11 is 0. The molecule has 3 unspecified atom stereocenters. The molecule has 2 aliphatic carbocycles. The van der Waals surface area contributed by atoms with Gasteiger partial charge in [0, 0.05) is 49.2 Å². The number of nitrogens with zero attached hydrogens (tertiary/aromatic N) is 1. The maximum atomic E-state index is 13.5. The summed E-state index contributed by atoms with van der Waals surface area (Å²) in [5, 5.41) is 12.2. The summed E-state index contributed by atoms with van der Waals surface area (Å²) in [6, 6.07) is 4.99. The Kier molecular flexibility index (Phi) is 8.57. The molecule has 0 spiro atoms. The second kappa shape index (κ2) is 12.0. The van der Waals surface area contributed by atoms with E-state index in [1.165, 1.54) is 13.8 Å². The number of aliphatic hydroxyl groups is 1. The van der Waals surface area contributed by atoms with E-state index in [1.807, 2.05) is 13.8 Å². The standard InChI is InChI=1S/C34H39NO10/c1-7-8-11-27(38)44-26-16-24-32(4,13-12-25(42-20(3)37)33(24,5)18-41-19(2)36)30-29(39)28-23(45-34(26,30)6)15-22(43-31(28)40)21-10-9-14-35-17-21/h9-10,14-15,17,24-26,29-30,39H,11-13,16,18H2,1-6H3/t24?,25-,26-,29?,30?,32-,33-,34+/m0/s1. The smallest absolute Gasteiger partial charge is 0.345 e. The number of aliphatic hydroxyl groups excluding tert-OH is 1. The molecule has 8 atom stereocenters. The zero-order chi connectivity index (χ0) is 32.7. The maximum absolute atomic E-state index is 13.5. The summed E-state index contributed by atoms with van der Waals surface area (Å²) in [4.78, 5) is 54.9. The normalized spacial score (nSPS) is 33.1. The maximum Gasteiger partial charge on any atom is 0.345 e. The molecule has 2 aromatic rings. The molecular formula is C34H39NO10. The SMILES string of the molecule is CC#CCC(=O)O[C@H]1CC2[C@](C)(CC[C@H](OC(C)=O)[C@@]2(C)COC(C)=O)C2C(O)c3c(cc(-c4cccnc4)oc3=O)O[C@@]21C. The number of ether oxygens (including phenoxy) is 4. The van der Waals surface area contributed by atoms with Crippen LogP contribution in [-0.4, -0.2) is 52.4 Å². The molecule has 2 fully saturated rings. The molecule has 0 bridgehead atoms. The number of hydrogen-bond donors (Lipinski definition) is 1. The fraction of sp³-hybridized carbons (Fsp3) is 0.559. The Morgan fingerprint density at radius 3 is 2.53 bits per heavy atom. The Bertz CT molecular complexity index is 1610. The predicted molar refractivity (Wildman–Crippen MR) is 159 cm³/mol. The lowest BCUT2D eigenvalue weighted by atomic mass is 9.42. The van der Waals surface area contributed by atoms with Crippen molar-refractivity contribution >= 4 is 17.9 Å². The number of esters is 3. The molecule has 1 aliphatic heterocycles. The molecule has 0 amide bonds. The van der Waals surface area contributed by atoms with E-state index in [-0.39, 0.29) is 36.5 Å². The van der Waals surface area contributed by atoms with Crippen LogP contribution in [0.1, 0.15) is 78.9 Å². The third-order valence-corrected chi connectivity index (χ3v) is 10.1. The van der Waals surface area contributed by atoms with E-state index < -0.39 is 70.1 Å². The number of carbonyl (C=O) groups excluding carboxylic acids is 3. The van der Waals surface area contributed by atoms with Crippen LogP contribution < -0.4 is 10.4 Å². The van der Waals surface area contributed by atoms with Gasteiger partial charge in [-0.3, -0.25) is 19.4 Å². The molecule has 3 heterocycles. The molecule has 11 heteroatoms. The first-order chi connectivity index (χ1) is 21.2. The molecule has 2 aromatic heterocycles. The summed E-state index contributed by atoms with van der Waals surface area (Å²) in [5.74, 6) is 3.02. The number of pyridine rings is 1. The van der Waals surface area contributed by atoms with Crippen molar-refractivity contribution in [2.45, 2.75) is 91.1 Å². The van der Waals surface area contributed by atoms with Crippen molar-refractivity contribution in [2.24, 2.45) is 22.7 Å². The van der Waals surface area contributed by atoms with E-state index in [1.54, 1.807) is 44.4 Å². The van der Waals surface area contributed by atoms with Gasteiger partial charge in [-0.1, -0.05) is 19.8 Å². The summed E-state index contributed by atoms with van der Waals surface area (Å²) in [6.07, 6.45) is 1.20. The van der Waals surface area contributed by atoms with Crippen molar-refractivity contribution in [3.05, 3.63) is 46.6 Å². The third kappa shape index (κ3) is 5.61. The van der Waals surface area contributed by atoms with Crippen LogP contribution in [0, 0.1) is 34.5 Å². The van der Waals surface area contributed by atoms with E-state index in [2.05, 4.69) is 16.8 Å². The first kappa shape index (κ1) is 32.2. The molecule has 1 N–H and O–H groups in total. The molecule has 11 nitrogen and oxygen atoms in total. The highest BCUT2D eigenvalue weighted by Gasteiger charge is 2.70. The van der Waals surface area contributed by atoms with Gasteiger partial charge < -0.3 is 28.5 Å². The third-order valence-electron chi connectivity index (χ3n) is 10.1. The van der Waals surface area contributed by atoms with E-state index in [9.17, 15) is 24.3 Å². The molecule has 45 heavy (non-hydrogen) atoms. The summed E-state index contributed by atoms with van der Waals surface area (Å²) in [7, 11) is 0. The van der Waals surface area contributed by atoms with Crippen molar-refractivity contribution in [1.29, 1.82) is 0 Å². The van der Waals surface area contributed by atoms with Gasteiger partial charge in [0.25, 0.3) is 0 Å². The lowest BCUT2D eigenvalue weighted by Crippen LogP contribution is -2.71. The Labute approximate surface area is 261 Å². The van der Waals surface area contributed by atoms with E-state index in [4.69, 9.17) is 23.4 Å². The highest BCUT2D eigenvalue weighted by atomic mass is 16.6. The molecule has 5 rings (SSSR count). The minimum atomic E-state index is -1.37. The minimum absolute atomic E-state index is 0.0299. The van der Waals surface area contributed by atoms with Crippen molar-refractivity contribution < 1.29 is 42.9 Å². The van der Waals surface area contributed by atoms with Crippen LogP contribution in [0.15, 0.2) is 39.8 Å². The zero-order valence-corrected chi connectivity index (χ0v) is 26.4. The second-order valence-electron chi connectivity index (χ2n) is 12.9. The molecule has 0 radical (unpaired) electrons. The monoisotopic (exact) mass is 621 g/mol. The van der Waals surface area contributed by atoms with Crippen LogP contribution in [0.3, 0.4) is 0 Å². The number of rotatable bonds is 6. The van der Waals surface area contributed by atoms with Crippen LogP contribution in [0.5, 0.6) is 5.75 Å². The van der Waals surface area contributed by atoms with Gasteiger partial charge in [0.2, 0.25) is 0 Å². The van der Waals surface area contributed by atoms with Gasteiger partial charge in [-0.2, -0.15) is 0 Å². The van der Waals surface area contributed by atoms with Crippen molar-refractivity contribution in [1.82, 2.24) is 4.98 Å². The van der Waals surface area contributed by atoms with Crippen molar-refractivity contribution in [3.63, 3.8) is 0 Å². The van der Waals surface area contributed by atoms with Crippen LogP contribution in [0.4, 0.5) is 0 Å². The fourth-order valence-corrected chi connectivity index (χ4v) is 8.20. The molecule has 0 saturated heterocycles. The minimum Gasteiger partial charge on any atom is -0.482 e. The summed E-state index contributed by atoms with van der Waals surface area (Å²) in [5.41, 5.74) is -3.24. The van der Waals surface area contributed by atoms with E-state index in [0.717, 1.165) is 0 Å². The van der Waals surface area contributed by atoms with Gasteiger partial charge in [-0.05, 0) is 56.6 Å². The first-order valence-electron chi connectivity index (χ1n) is 15.1. The van der Waals surface area contributed by atoms with Crippen LogP contribution in [0.2, 0.25) is 0 Å². The van der Waals surface area contributed by atoms with Crippen molar-refractivity contribution in [2.75, 3.05) is 6.61 Å². The Balaban J connectivity index is 1.67. The van der Waals surface area contributed by atoms with Crippen LogP contribution >= 0.6 is 0 Å². The average Bonchev–Trinajstić information content (AvgIpc) is 2.97. The highest BCUT2D eigenvalue weighted by molar-refractivity contribution is 5.72. The summed E-state index contributed by atoms with van der Waals surface area (Å²) in [6.45, 7) is 9.85. The van der Waals surface area contributed by atoms with Gasteiger partial charge in [0.05, 0.1) is 6.10 Å². The Morgan fingerprint density at radius 1 is 1.13 bits per heavy atom. The lowest BCUT2D eigenvalue weighted by Gasteiger charge is -2.66. The molecule has 2 saturated carbocycles. The van der Waals surface area contributed by atoms with Crippen LogP contribution in [-0.2, 0) is 28.6 Å². The first-order valence-corrected chi connectivity index (χ1v) is 15.1. The Morgan fingerprint density at radius 2 is 1.89 bits per heavy atom. The fourth-order valence-electron chi connectivity index (χ4n) is 8.20. The van der Waals surface area contributed by atoms with E-state index in [0.29, 0.717) is 18.4 Å². The zero-order valence-electron chi connectivity index (χ0n) is 26.4. The van der Waals surface area contributed by atoms with Gasteiger partial charge in [-0.15, -0.1) is 5.92 Å². The van der Waals surface area contributed by atoms with Gasteiger partial charge in [0.15, 0.2) is 0 Å². The van der Waals surface area contributed by atoms with Gasteiger partial charge in [0.1, 0.15) is 47.9 Å². The second-order valence-corrected chi connectivity index (χ2v) is 12.9. The number of hydrogen-bond acceptors (Lipinski definition) is 11. The number of aromatic nitrogens is 1. The average molecular weight is 622 g/mol. The molecule has 0 aromatic carbocycles. The molecular weight excluding hydrogens is 582 g/mol. The topological polar surface area (TPSA) is 151 Å². The summed E-state index contributed by atoms with van der Waals surface area (Å²) < 4.78 is 29.8. The Hall–Kier alpha value is -4.17. The predicted octanol–water partition coefficient (Wildman–Crippen LogP) is 4.15. The van der Waals surface area contributed by atoms with Crippen LogP contribution in [0.25, 0.3) is 11.3 Å². The van der Waals surface area contributed by atoms with Crippen molar-refractivity contribution in [3.8, 4) is 28.9 Å². The van der Waals surface area contributed by atoms with E-state index >= 15 is 0 Å².